The summed E-state index contributed by atoms with van der Waals surface area (Å²) in [6.45, 7) is 5.31. The fourth-order valence-corrected chi connectivity index (χ4v) is 3.48. The van der Waals surface area contributed by atoms with Crippen LogP contribution in [0.2, 0.25) is 0 Å². The zero-order chi connectivity index (χ0) is 26.5. The first-order valence-corrected chi connectivity index (χ1v) is 11.9. The largest absolute Gasteiger partial charge is 0.480 e. The van der Waals surface area contributed by atoms with Crippen molar-refractivity contribution in [3.05, 3.63) is 35.9 Å². The summed E-state index contributed by atoms with van der Waals surface area (Å²) in [5.41, 5.74) is 6.84. The van der Waals surface area contributed by atoms with Gasteiger partial charge in [0, 0.05) is 20.1 Å². The van der Waals surface area contributed by atoms with E-state index >= 15 is 0 Å². The normalized spacial score (nSPS) is 15.4. The molecule has 0 spiro atoms. The maximum absolute atomic E-state index is 13.5. The van der Waals surface area contributed by atoms with E-state index in [1.54, 1.807) is 37.3 Å². The van der Waals surface area contributed by atoms with Crippen LogP contribution in [-0.2, 0) is 30.3 Å². The third kappa shape index (κ3) is 9.75. The van der Waals surface area contributed by atoms with Gasteiger partial charge in [0.05, 0.1) is 18.6 Å². The number of imide groups is 1. The van der Waals surface area contributed by atoms with Crippen LogP contribution < -0.4 is 11.1 Å². The number of hydrogen-bond acceptors (Lipinski definition) is 7. The van der Waals surface area contributed by atoms with Crippen LogP contribution in [0.15, 0.2) is 30.3 Å². The van der Waals surface area contributed by atoms with E-state index in [1.165, 1.54) is 14.0 Å². The van der Waals surface area contributed by atoms with E-state index in [2.05, 4.69) is 5.32 Å². The van der Waals surface area contributed by atoms with Crippen LogP contribution in [0.4, 0.5) is 0 Å². The Hall–Kier alpha value is -2.82. The van der Waals surface area contributed by atoms with Gasteiger partial charge in [0.1, 0.15) is 12.1 Å². The molecule has 0 heterocycles. The molecule has 5 atom stereocenters. The maximum atomic E-state index is 13.5. The first kappa shape index (κ1) is 30.2. The Morgan fingerprint density at radius 1 is 1.14 bits per heavy atom. The average Bonchev–Trinajstić information content (AvgIpc) is 2.83. The molecule has 1 aromatic rings. The number of ether oxygens (including phenoxy) is 1. The smallest absolute Gasteiger partial charge is 0.325 e. The monoisotopic (exact) mass is 493 g/mol. The van der Waals surface area contributed by atoms with Gasteiger partial charge < -0.3 is 26.0 Å². The number of rotatable bonds is 15. The molecule has 0 unspecified atom stereocenters. The number of benzene rings is 1. The molecule has 0 aliphatic heterocycles. The SMILES string of the molecule is CC[C@H](C)[C@@H](N)C(=O)N(C(=O)C[C@@H](O)CCCOC)[C@@H](Cc1ccccc1)C(=O)N[C@@H](C)C(=O)O. The molecule has 0 bridgehead atoms. The van der Waals surface area contributed by atoms with Gasteiger partial charge >= 0.3 is 5.97 Å². The number of nitrogens with two attached hydrogens (primary N) is 1. The molecule has 196 valence electrons. The van der Waals surface area contributed by atoms with Crippen molar-refractivity contribution in [1.82, 2.24) is 10.2 Å². The molecular weight excluding hydrogens is 454 g/mol. The van der Waals surface area contributed by atoms with Gasteiger partial charge in [-0.25, -0.2) is 0 Å². The third-order valence-electron chi connectivity index (χ3n) is 5.96. The summed E-state index contributed by atoms with van der Waals surface area (Å²) in [5, 5.41) is 22.0. The topological polar surface area (TPSA) is 159 Å². The highest BCUT2D eigenvalue weighted by Crippen LogP contribution is 2.18. The molecule has 0 aromatic heterocycles. The van der Waals surface area contributed by atoms with Crippen LogP contribution >= 0.6 is 0 Å². The molecule has 0 radical (unpaired) electrons. The second-order valence-corrected chi connectivity index (χ2v) is 8.78. The second-order valence-electron chi connectivity index (χ2n) is 8.78. The number of carbonyl (C=O) groups is 4. The van der Waals surface area contributed by atoms with Gasteiger partial charge in [-0.3, -0.25) is 24.1 Å². The summed E-state index contributed by atoms with van der Waals surface area (Å²) in [7, 11) is 1.53. The highest BCUT2D eigenvalue weighted by atomic mass is 16.5. The Morgan fingerprint density at radius 2 is 1.77 bits per heavy atom. The number of amides is 3. The summed E-state index contributed by atoms with van der Waals surface area (Å²) in [4.78, 5) is 52.2. The van der Waals surface area contributed by atoms with Crippen LogP contribution in [-0.4, -0.2) is 76.7 Å². The van der Waals surface area contributed by atoms with Gasteiger partial charge in [0.2, 0.25) is 17.7 Å². The van der Waals surface area contributed by atoms with Crippen LogP contribution in [0.1, 0.15) is 52.0 Å². The minimum Gasteiger partial charge on any atom is -0.480 e. The molecule has 35 heavy (non-hydrogen) atoms. The molecule has 0 fully saturated rings. The lowest BCUT2D eigenvalue weighted by atomic mass is 9.96. The molecule has 5 N–H and O–H groups in total. The predicted octanol–water partition coefficient (Wildman–Crippen LogP) is 1.09. The minimum absolute atomic E-state index is 0.0382. The lowest BCUT2D eigenvalue weighted by Crippen LogP contribution is -2.60. The Kier molecular flexibility index (Phi) is 13.1. The standard InChI is InChI=1S/C25H39N3O7/c1-5-16(2)22(26)24(32)28(21(30)15-19(29)12-9-13-35-4)20(14-18-10-7-6-8-11-18)23(31)27-17(3)25(33)34/h6-8,10-11,16-17,19-20,22,29H,5,9,12-15,26H2,1-4H3,(H,27,31)(H,33,34)/t16-,17-,19-,20-,22+/m0/s1. The summed E-state index contributed by atoms with van der Waals surface area (Å²) in [6.07, 6.45) is -0.134. The van der Waals surface area contributed by atoms with E-state index in [1.807, 2.05) is 6.92 Å². The Labute approximate surface area is 206 Å². The van der Waals surface area contributed by atoms with E-state index in [-0.39, 0.29) is 18.8 Å². The highest BCUT2D eigenvalue weighted by Gasteiger charge is 2.39. The molecule has 1 rings (SSSR count). The number of aliphatic carboxylic acids is 1. The molecule has 1 aromatic carbocycles. The van der Waals surface area contributed by atoms with Gasteiger partial charge in [-0.1, -0.05) is 50.6 Å². The number of hydrogen-bond donors (Lipinski definition) is 4. The van der Waals surface area contributed by atoms with Crippen molar-refractivity contribution < 1.29 is 34.1 Å². The predicted molar refractivity (Wildman–Crippen MR) is 130 cm³/mol. The summed E-state index contributed by atoms with van der Waals surface area (Å²) in [5.74, 6) is -3.82. The zero-order valence-corrected chi connectivity index (χ0v) is 21.0. The van der Waals surface area contributed by atoms with Crippen molar-refractivity contribution in [1.29, 1.82) is 0 Å². The molecular formula is C25H39N3O7. The number of carboxylic acids is 1. The third-order valence-corrected chi connectivity index (χ3v) is 5.96. The molecule has 3 amide bonds. The number of carbonyl (C=O) groups excluding carboxylic acids is 3. The lowest BCUT2D eigenvalue weighted by Gasteiger charge is -2.33. The molecule has 0 aliphatic rings. The highest BCUT2D eigenvalue weighted by molar-refractivity contribution is 6.03. The van der Waals surface area contributed by atoms with E-state index in [9.17, 15) is 29.4 Å². The van der Waals surface area contributed by atoms with Crippen molar-refractivity contribution >= 4 is 23.7 Å². The second kappa shape index (κ2) is 15.2. The van der Waals surface area contributed by atoms with Gasteiger partial charge in [0.15, 0.2) is 0 Å². The van der Waals surface area contributed by atoms with E-state index in [4.69, 9.17) is 10.5 Å². The fourth-order valence-electron chi connectivity index (χ4n) is 3.48. The van der Waals surface area contributed by atoms with Crippen LogP contribution in [0, 0.1) is 5.92 Å². The van der Waals surface area contributed by atoms with Gasteiger partial charge in [-0.15, -0.1) is 0 Å². The van der Waals surface area contributed by atoms with Gasteiger partial charge in [-0.2, -0.15) is 0 Å². The Morgan fingerprint density at radius 3 is 2.31 bits per heavy atom. The molecule has 0 aliphatic carbocycles. The minimum atomic E-state index is -1.35. The number of aliphatic hydroxyl groups is 1. The van der Waals surface area contributed by atoms with Crippen molar-refractivity contribution in [3.8, 4) is 0 Å². The van der Waals surface area contributed by atoms with Crippen molar-refractivity contribution in [2.45, 2.75) is 77.1 Å². The molecule has 0 saturated carbocycles. The fraction of sp³-hybridized carbons (Fsp3) is 0.600. The number of nitrogens with one attached hydrogen (secondary N) is 1. The first-order valence-electron chi connectivity index (χ1n) is 11.9. The summed E-state index contributed by atoms with van der Waals surface area (Å²) < 4.78 is 4.97. The molecule has 0 saturated heterocycles. The van der Waals surface area contributed by atoms with Crippen molar-refractivity contribution in [3.63, 3.8) is 0 Å². The van der Waals surface area contributed by atoms with E-state index in [0.717, 1.165) is 4.90 Å². The van der Waals surface area contributed by atoms with Crippen LogP contribution in [0.5, 0.6) is 0 Å². The van der Waals surface area contributed by atoms with E-state index in [0.29, 0.717) is 25.0 Å². The number of nitrogens with zero attached hydrogens (tertiary/aromatic N) is 1. The summed E-state index contributed by atoms with van der Waals surface area (Å²) >= 11 is 0. The van der Waals surface area contributed by atoms with Gasteiger partial charge in [-0.05, 0) is 31.2 Å². The Balaban J connectivity index is 3.38. The quantitative estimate of drug-likeness (QED) is 0.264. The number of methoxy groups -OCH3 is 1. The van der Waals surface area contributed by atoms with E-state index < -0.39 is 54.3 Å². The summed E-state index contributed by atoms with van der Waals surface area (Å²) in [6, 6.07) is 5.12. The maximum Gasteiger partial charge on any atom is 0.325 e. The zero-order valence-electron chi connectivity index (χ0n) is 21.0. The average molecular weight is 494 g/mol. The Bertz CT molecular complexity index is 834. The van der Waals surface area contributed by atoms with Crippen molar-refractivity contribution in [2.24, 2.45) is 11.7 Å². The van der Waals surface area contributed by atoms with Crippen LogP contribution in [0.25, 0.3) is 0 Å². The number of aliphatic hydroxyl groups excluding tert-OH is 1. The lowest BCUT2D eigenvalue weighted by molar-refractivity contribution is -0.155. The molecule has 10 heteroatoms. The van der Waals surface area contributed by atoms with Crippen LogP contribution in [0.3, 0.4) is 0 Å². The molecule has 10 nitrogen and oxygen atoms in total. The van der Waals surface area contributed by atoms with Gasteiger partial charge in [0.25, 0.3) is 0 Å². The van der Waals surface area contributed by atoms with Crippen molar-refractivity contribution in [2.75, 3.05) is 13.7 Å². The first-order chi connectivity index (χ1) is 16.5. The number of carboxylic acid groups (broad SMARTS) is 1.